The van der Waals surface area contributed by atoms with Crippen molar-refractivity contribution >= 4 is 34.9 Å². The van der Waals surface area contributed by atoms with Gasteiger partial charge in [0, 0.05) is 22.7 Å². The summed E-state index contributed by atoms with van der Waals surface area (Å²) in [4.78, 5) is 29.9. The number of carbonyl (C=O) groups excluding carboxylic acids is 2. The molecule has 0 spiro atoms. The largest absolute Gasteiger partial charge is 0.416 e. The molecule has 1 aromatic carbocycles. The van der Waals surface area contributed by atoms with E-state index in [9.17, 15) is 22.8 Å². The van der Waals surface area contributed by atoms with Crippen LogP contribution in [0.5, 0.6) is 0 Å². The summed E-state index contributed by atoms with van der Waals surface area (Å²) >= 11 is 11.8. The topological polar surface area (TPSA) is 46.6 Å². The predicted molar refractivity (Wildman–Crippen MR) is 77.1 cm³/mol. The van der Waals surface area contributed by atoms with Crippen LogP contribution in [0.25, 0.3) is 0 Å². The Morgan fingerprint density at radius 1 is 1.17 bits per heavy atom. The minimum atomic E-state index is -4.65. The summed E-state index contributed by atoms with van der Waals surface area (Å²) in [5.74, 6) is -2.81. The van der Waals surface area contributed by atoms with Gasteiger partial charge in [-0.05, 0) is 26.0 Å². The standard InChI is InChI=1S/C14H12Cl2F3NO3/c1-13(2)11(21)10(12(22)20(3)23-13)9-7(15)4-6(5-8(9)16)14(17,18)19/h4-5,10H,1-3H3. The quantitative estimate of drug-likeness (QED) is 0.706. The van der Waals surface area contributed by atoms with E-state index in [1.165, 1.54) is 20.9 Å². The van der Waals surface area contributed by atoms with Crippen LogP contribution in [-0.2, 0) is 20.6 Å². The van der Waals surface area contributed by atoms with E-state index in [-0.39, 0.29) is 5.56 Å². The Hall–Kier alpha value is -1.31. The zero-order chi connectivity index (χ0) is 17.7. The zero-order valence-corrected chi connectivity index (χ0v) is 13.8. The molecule has 0 bridgehead atoms. The zero-order valence-electron chi connectivity index (χ0n) is 12.3. The summed E-state index contributed by atoms with van der Waals surface area (Å²) in [5.41, 5.74) is -2.56. The van der Waals surface area contributed by atoms with Crippen LogP contribution in [0.4, 0.5) is 13.2 Å². The van der Waals surface area contributed by atoms with Crippen molar-refractivity contribution < 1.29 is 27.6 Å². The van der Waals surface area contributed by atoms with Gasteiger partial charge in [0.25, 0.3) is 5.91 Å². The highest BCUT2D eigenvalue weighted by atomic mass is 35.5. The van der Waals surface area contributed by atoms with Gasteiger partial charge in [0.05, 0.1) is 5.56 Å². The fourth-order valence-electron chi connectivity index (χ4n) is 2.35. The van der Waals surface area contributed by atoms with Gasteiger partial charge in [-0.15, -0.1) is 0 Å². The fraction of sp³-hybridized carbons (Fsp3) is 0.429. The lowest BCUT2D eigenvalue weighted by Crippen LogP contribution is -2.54. The third kappa shape index (κ3) is 3.18. The van der Waals surface area contributed by atoms with Crippen molar-refractivity contribution in [2.75, 3.05) is 7.05 Å². The van der Waals surface area contributed by atoms with Crippen molar-refractivity contribution in [2.24, 2.45) is 0 Å². The van der Waals surface area contributed by atoms with Crippen LogP contribution in [-0.4, -0.2) is 29.4 Å². The molecular formula is C14H12Cl2F3NO3. The number of hydrogen-bond donors (Lipinski definition) is 0. The Balaban J connectivity index is 2.61. The van der Waals surface area contributed by atoms with Crippen molar-refractivity contribution in [3.63, 3.8) is 0 Å². The number of hydrogen-bond acceptors (Lipinski definition) is 3. The van der Waals surface area contributed by atoms with E-state index in [0.29, 0.717) is 12.1 Å². The second kappa shape index (κ2) is 5.65. The molecule has 1 unspecified atom stereocenters. The van der Waals surface area contributed by atoms with Crippen molar-refractivity contribution in [2.45, 2.75) is 31.5 Å². The molecule has 0 N–H and O–H groups in total. The van der Waals surface area contributed by atoms with Gasteiger partial charge in [0.1, 0.15) is 11.5 Å². The van der Waals surface area contributed by atoms with Gasteiger partial charge in [-0.25, -0.2) is 5.06 Å². The highest BCUT2D eigenvalue weighted by Crippen LogP contribution is 2.42. The van der Waals surface area contributed by atoms with Gasteiger partial charge in [-0.3, -0.25) is 14.4 Å². The monoisotopic (exact) mass is 369 g/mol. The molecule has 0 aromatic heterocycles. The van der Waals surface area contributed by atoms with E-state index in [2.05, 4.69) is 0 Å². The molecule has 1 amide bonds. The van der Waals surface area contributed by atoms with Gasteiger partial charge in [0.2, 0.25) is 0 Å². The molecule has 1 aliphatic heterocycles. The van der Waals surface area contributed by atoms with Crippen LogP contribution in [0.2, 0.25) is 10.0 Å². The molecule has 1 atom stereocenters. The number of Topliss-reactive ketones (excluding diaryl/α,β-unsaturated/α-hetero) is 1. The average Bonchev–Trinajstić information content (AvgIpc) is 2.38. The summed E-state index contributed by atoms with van der Waals surface area (Å²) in [7, 11) is 1.30. The van der Waals surface area contributed by atoms with E-state index in [1.807, 2.05) is 0 Å². The highest BCUT2D eigenvalue weighted by Gasteiger charge is 2.49. The normalized spacial score (nSPS) is 21.7. The Labute approximate surface area is 140 Å². The van der Waals surface area contributed by atoms with Gasteiger partial charge >= 0.3 is 6.18 Å². The van der Waals surface area contributed by atoms with Crippen LogP contribution >= 0.6 is 23.2 Å². The molecule has 9 heteroatoms. The first-order chi connectivity index (χ1) is 10.4. The van der Waals surface area contributed by atoms with Crippen LogP contribution in [0.1, 0.15) is 30.9 Å². The molecule has 1 aromatic rings. The first-order valence-electron chi connectivity index (χ1n) is 6.43. The number of rotatable bonds is 1. The Morgan fingerprint density at radius 3 is 2.09 bits per heavy atom. The summed E-state index contributed by atoms with van der Waals surface area (Å²) in [6, 6.07) is 1.29. The van der Waals surface area contributed by atoms with E-state index >= 15 is 0 Å². The van der Waals surface area contributed by atoms with Crippen molar-refractivity contribution in [3.8, 4) is 0 Å². The maximum atomic E-state index is 12.8. The molecule has 0 radical (unpaired) electrons. The number of alkyl halides is 3. The number of nitrogens with zero attached hydrogens (tertiary/aromatic N) is 1. The van der Waals surface area contributed by atoms with Gasteiger partial charge in [0.15, 0.2) is 5.78 Å². The molecule has 1 heterocycles. The second-order valence-electron chi connectivity index (χ2n) is 5.59. The third-order valence-electron chi connectivity index (χ3n) is 3.47. The lowest BCUT2D eigenvalue weighted by atomic mass is 9.84. The molecular weight excluding hydrogens is 358 g/mol. The minimum Gasteiger partial charge on any atom is -0.295 e. The molecule has 0 saturated carbocycles. The number of carbonyl (C=O) groups is 2. The van der Waals surface area contributed by atoms with Gasteiger partial charge in [-0.2, -0.15) is 13.2 Å². The smallest absolute Gasteiger partial charge is 0.295 e. The molecule has 126 valence electrons. The van der Waals surface area contributed by atoms with Crippen LogP contribution in [0.15, 0.2) is 12.1 Å². The second-order valence-corrected chi connectivity index (χ2v) is 6.40. The van der Waals surface area contributed by atoms with Crippen molar-refractivity contribution in [3.05, 3.63) is 33.3 Å². The number of hydroxylamine groups is 2. The SMILES string of the molecule is CN1OC(C)(C)C(=O)C(c2c(Cl)cc(C(F)(F)F)cc2Cl)C1=O. The van der Waals surface area contributed by atoms with Gasteiger partial charge < -0.3 is 0 Å². The number of benzene rings is 1. The molecule has 1 fully saturated rings. The summed E-state index contributed by atoms with van der Waals surface area (Å²) in [6.45, 7) is 2.88. The molecule has 1 aliphatic rings. The van der Waals surface area contributed by atoms with Crippen LogP contribution < -0.4 is 0 Å². The number of halogens is 5. The van der Waals surface area contributed by atoms with Crippen molar-refractivity contribution in [1.29, 1.82) is 0 Å². The lowest BCUT2D eigenvalue weighted by Gasteiger charge is -2.38. The first-order valence-corrected chi connectivity index (χ1v) is 7.19. The maximum Gasteiger partial charge on any atom is 0.416 e. The summed E-state index contributed by atoms with van der Waals surface area (Å²) in [6.07, 6.45) is -4.65. The molecule has 4 nitrogen and oxygen atoms in total. The molecule has 0 aliphatic carbocycles. The number of likely N-dealkylation sites (N-methyl/N-ethyl adjacent to an activating group) is 1. The third-order valence-corrected chi connectivity index (χ3v) is 4.10. The maximum absolute atomic E-state index is 12.8. The molecule has 2 rings (SSSR count). The highest BCUT2D eigenvalue weighted by molar-refractivity contribution is 6.37. The Bertz CT molecular complexity index is 665. The molecule has 23 heavy (non-hydrogen) atoms. The fourth-order valence-corrected chi connectivity index (χ4v) is 3.06. The Kier molecular flexibility index (Phi) is 4.43. The van der Waals surface area contributed by atoms with Crippen LogP contribution in [0.3, 0.4) is 0 Å². The predicted octanol–water partition coefficient (Wildman–Crippen LogP) is 3.85. The van der Waals surface area contributed by atoms with E-state index < -0.39 is 45.0 Å². The van der Waals surface area contributed by atoms with Gasteiger partial charge in [-0.1, -0.05) is 23.2 Å². The lowest BCUT2D eigenvalue weighted by molar-refractivity contribution is -0.233. The average molecular weight is 370 g/mol. The Morgan fingerprint density at radius 2 is 1.65 bits per heavy atom. The molecule has 1 saturated heterocycles. The van der Waals surface area contributed by atoms with Crippen molar-refractivity contribution in [1.82, 2.24) is 5.06 Å². The number of ketones is 1. The van der Waals surface area contributed by atoms with Crippen LogP contribution in [0, 0.1) is 0 Å². The summed E-state index contributed by atoms with van der Waals surface area (Å²) in [5, 5.41) is 0.0568. The van der Waals surface area contributed by atoms with E-state index in [1.54, 1.807) is 0 Å². The van der Waals surface area contributed by atoms with E-state index in [0.717, 1.165) is 5.06 Å². The number of amides is 1. The minimum absolute atomic E-state index is 0.153. The summed E-state index contributed by atoms with van der Waals surface area (Å²) < 4.78 is 38.3. The first kappa shape index (κ1) is 18.0. The van der Waals surface area contributed by atoms with E-state index in [4.69, 9.17) is 28.0 Å².